The Labute approximate surface area is 50.0 Å². The summed E-state index contributed by atoms with van der Waals surface area (Å²) in [6.07, 6.45) is 0. The molecule has 3 heteroatoms. The van der Waals surface area contributed by atoms with Crippen molar-refractivity contribution in [3.8, 4) is 0 Å². The Kier molecular flexibility index (Phi) is 2.89. The highest BCUT2D eigenvalue weighted by Gasteiger charge is 2.01. The number of rotatable bonds is 2. The highest BCUT2D eigenvalue weighted by molar-refractivity contribution is 8.64. The molecule has 0 atom stereocenters. The van der Waals surface area contributed by atoms with Crippen LogP contribution in [0.15, 0.2) is 0 Å². The molecular weight excluding hydrogens is 102 g/mol. The van der Waals surface area contributed by atoms with Gasteiger partial charge in [0.05, 0.1) is 0 Å². The maximum atomic E-state index is 5.58. The number of hydrogen-bond donors (Lipinski definition) is 0. The molecular formula is C4H10B2S. The van der Waals surface area contributed by atoms with Gasteiger partial charge >= 0.3 is 0 Å². The minimum absolute atomic E-state index is 0.934. The lowest BCUT2D eigenvalue weighted by Crippen LogP contribution is -2.03. The van der Waals surface area contributed by atoms with Crippen molar-refractivity contribution in [1.82, 2.24) is 0 Å². The topological polar surface area (TPSA) is 0 Å². The molecule has 0 fully saturated rings. The first-order valence-electron chi connectivity index (χ1n) is 2.46. The molecule has 0 nitrogen and oxygen atoms in total. The lowest BCUT2D eigenvalue weighted by molar-refractivity contribution is 1.45. The maximum Gasteiger partial charge on any atom is 0.124 e. The zero-order valence-corrected chi connectivity index (χ0v) is 5.79. The number of hydrogen-bond acceptors (Lipinski definition) is 0. The van der Waals surface area contributed by atoms with Crippen LogP contribution >= 0.6 is 9.73 Å². The van der Waals surface area contributed by atoms with E-state index in [4.69, 9.17) is 14.2 Å². The Morgan fingerprint density at radius 2 is 1.43 bits per heavy atom. The first-order valence-corrected chi connectivity index (χ1v) is 4.56. The first kappa shape index (κ1) is 7.48. The minimum Gasteiger partial charge on any atom is -0.323 e. The summed E-state index contributed by atoms with van der Waals surface area (Å²) in [7, 11) is 10.00. The highest BCUT2D eigenvalue weighted by atomic mass is 32.3. The van der Waals surface area contributed by atoms with E-state index in [0.717, 1.165) is 11.5 Å². The van der Waals surface area contributed by atoms with Crippen molar-refractivity contribution >= 4 is 24.0 Å². The van der Waals surface area contributed by atoms with Gasteiger partial charge in [-0.15, -0.1) is 0 Å². The van der Waals surface area contributed by atoms with Crippen molar-refractivity contribution in [2.24, 2.45) is 0 Å². The quantitative estimate of drug-likeness (QED) is 0.467. The maximum absolute atomic E-state index is 5.58. The molecule has 0 amide bonds. The molecule has 0 aromatic rings. The third-order valence-electron chi connectivity index (χ3n) is 1.07. The summed E-state index contributed by atoms with van der Waals surface area (Å²) in [4.78, 5) is 0. The minimum atomic E-state index is -1.16. The summed E-state index contributed by atoms with van der Waals surface area (Å²) in [6, 6.07) is 0. The van der Waals surface area contributed by atoms with Gasteiger partial charge in [0, 0.05) is 0 Å². The molecule has 0 spiro atoms. The molecule has 0 aliphatic carbocycles. The van der Waals surface area contributed by atoms with E-state index < -0.39 is 9.73 Å². The molecule has 0 saturated carbocycles. The zero-order chi connectivity index (χ0) is 5.91. The Morgan fingerprint density at radius 1 is 1.14 bits per heavy atom. The van der Waals surface area contributed by atoms with Crippen LogP contribution in [0.4, 0.5) is 0 Å². The van der Waals surface area contributed by atoms with Crippen LogP contribution < -0.4 is 0 Å². The molecule has 0 saturated heterocycles. The average molecular weight is 112 g/mol. The largest absolute Gasteiger partial charge is 0.323 e. The monoisotopic (exact) mass is 112 g/mol. The van der Waals surface area contributed by atoms with Gasteiger partial charge in [-0.1, -0.05) is 13.8 Å². The smallest absolute Gasteiger partial charge is 0.124 e. The summed E-state index contributed by atoms with van der Waals surface area (Å²) < 4.78 is 0. The summed E-state index contributed by atoms with van der Waals surface area (Å²) >= 11 is 0. The van der Waals surface area contributed by atoms with Crippen molar-refractivity contribution in [3.05, 3.63) is 0 Å². The Hall–Kier alpha value is 0.480. The zero-order valence-electron chi connectivity index (χ0n) is 4.98. The first-order chi connectivity index (χ1) is 3.12. The second-order valence-electron chi connectivity index (χ2n) is 1.58. The van der Waals surface area contributed by atoms with Crippen LogP contribution in [0, 0.1) is 0 Å². The summed E-state index contributed by atoms with van der Waals surface area (Å²) in [5.74, 6) is 1.87. The van der Waals surface area contributed by atoms with Crippen LogP contribution in [0.1, 0.15) is 13.8 Å². The van der Waals surface area contributed by atoms with E-state index in [1.54, 1.807) is 0 Å². The fraction of sp³-hybridized carbons (Fsp3) is 1.00. The van der Waals surface area contributed by atoms with Crippen LogP contribution in [0.2, 0.25) is 0 Å². The van der Waals surface area contributed by atoms with Crippen LogP contribution in [-0.2, 0) is 0 Å². The lowest BCUT2D eigenvalue weighted by Gasteiger charge is -2.28. The SMILES string of the molecule is [B]S([B])(CC)CC. The standard InChI is InChI=1S/C4H10B2S/c1-3-7(5,6)4-2/h3-4H2,1-2H3. The van der Waals surface area contributed by atoms with E-state index in [0.29, 0.717) is 0 Å². The van der Waals surface area contributed by atoms with E-state index in [2.05, 4.69) is 0 Å². The highest BCUT2D eigenvalue weighted by Crippen LogP contribution is 2.34. The third-order valence-corrected chi connectivity index (χ3v) is 3.22. The normalized spacial score (nSPS) is 14.0. The molecule has 7 heavy (non-hydrogen) atoms. The van der Waals surface area contributed by atoms with Crippen LogP contribution in [-0.4, -0.2) is 25.8 Å². The fourth-order valence-corrected chi connectivity index (χ4v) is 0.612. The molecule has 0 unspecified atom stereocenters. The molecule has 0 aromatic heterocycles. The van der Waals surface area contributed by atoms with Crippen molar-refractivity contribution in [2.75, 3.05) is 11.5 Å². The molecule has 38 valence electrons. The van der Waals surface area contributed by atoms with Gasteiger partial charge in [0.25, 0.3) is 0 Å². The van der Waals surface area contributed by atoms with Gasteiger partial charge in [-0.05, 0) is 11.5 Å². The average Bonchev–Trinajstić information content (AvgIpc) is 1.68. The fourth-order valence-electron chi connectivity index (χ4n) is 0.204. The molecule has 0 aliphatic rings. The Bertz CT molecular complexity index is 47.7. The summed E-state index contributed by atoms with van der Waals surface area (Å²) in [5.41, 5.74) is 0. The van der Waals surface area contributed by atoms with Crippen molar-refractivity contribution in [3.63, 3.8) is 0 Å². The molecule has 0 rings (SSSR count). The molecule has 0 aliphatic heterocycles. The van der Waals surface area contributed by atoms with E-state index in [1.807, 2.05) is 13.8 Å². The summed E-state index contributed by atoms with van der Waals surface area (Å²) in [5, 5.41) is 0. The molecule has 0 aromatic carbocycles. The van der Waals surface area contributed by atoms with E-state index in [1.165, 1.54) is 0 Å². The Balaban J connectivity index is 3.36. The van der Waals surface area contributed by atoms with Gasteiger partial charge in [-0.25, -0.2) is 0 Å². The Morgan fingerprint density at radius 3 is 1.43 bits per heavy atom. The lowest BCUT2D eigenvalue weighted by atomic mass is 10.7. The molecule has 0 heterocycles. The van der Waals surface area contributed by atoms with Gasteiger partial charge < -0.3 is 9.73 Å². The predicted molar refractivity (Wildman–Crippen MR) is 40.2 cm³/mol. The predicted octanol–water partition coefficient (Wildman–Crippen LogP) is 0.998. The van der Waals surface area contributed by atoms with E-state index in [9.17, 15) is 0 Å². The van der Waals surface area contributed by atoms with E-state index >= 15 is 0 Å². The third kappa shape index (κ3) is 3.10. The van der Waals surface area contributed by atoms with E-state index in [-0.39, 0.29) is 0 Å². The van der Waals surface area contributed by atoms with Crippen LogP contribution in [0.25, 0.3) is 0 Å². The van der Waals surface area contributed by atoms with Gasteiger partial charge in [-0.3, -0.25) is 0 Å². The van der Waals surface area contributed by atoms with Crippen molar-refractivity contribution in [1.29, 1.82) is 0 Å². The van der Waals surface area contributed by atoms with Crippen LogP contribution in [0.3, 0.4) is 0 Å². The molecule has 4 radical (unpaired) electrons. The van der Waals surface area contributed by atoms with Crippen molar-refractivity contribution < 1.29 is 0 Å². The molecule has 0 N–H and O–H groups in total. The van der Waals surface area contributed by atoms with Gasteiger partial charge in [-0.2, -0.15) is 0 Å². The van der Waals surface area contributed by atoms with Gasteiger partial charge in [0.2, 0.25) is 0 Å². The second kappa shape index (κ2) is 2.71. The molecule has 0 bridgehead atoms. The van der Waals surface area contributed by atoms with Gasteiger partial charge in [0.1, 0.15) is 14.2 Å². The summed E-state index contributed by atoms with van der Waals surface area (Å²) in [6.45, 7) is 4.05. The van der Waals surface area contributed by atoms with Crippen molar-refractivity contribution in [2.45, 2.75) is 13.8 Å². The van der Waals surface area contributed by atoms with Gasteiger partial charge in [0.15, 0.2) is 0 Å². The second-order valence-corrected chi connectivity index (χ2v) is 4.75. The van der Waals surface area contributed by atoms with Crippen LogP contribution in [0.5, 0.6) is 0 Å².